The molecule has 0 spiro atoms. The number of fused-ring (bicyclic) bond motifs is 1. The molecule has 2 heterocycles. The molecule has 0 fully saturated rings. The minimum Gasteiger partial charge on any atom is -0.250 e. The fraction of sp³-hybridized carbons (Fsp3) is 0.417. The lowest BCUT2D eigenvalue weighted by atomic mass is 10.2. The monoisotopic (exact) mass is 203 g/mol. The Labute approximate surface area is 90.6 Å². The quantitative estimate of drug-likeness (QED) is 0.715. The van der Waals surface area contributed by atoms with Gasteiger partial charge >= 0.3 is 0 Å². The lowest BCUT2D eigenvalue weighted by molar-refractivity contribution is 1.05. The minimum absolute atomic E-state index is 0.872. The number of hydrogen-bond donors (Lipinski definition) is 0. The molecule has 0 unspecified atom stereocenters. The van der Waals surface area contributed by atoms with Crippen LogP contribution in [0.3, 0.4) is 0 Å². The summed E-state index contributed by atoms with van der Waals surface area (Å²) in [5.41, 5.74) is 2.86. The van der Waals surface area contributed by atoms with Gasteiger partial charge in [-0.05, 0) is 18.6 Å². The van der Waals surface area contributed by atoms with Gasteiger partial charge in [0.15, 0.2) is 0 Å². The Balaban J connectivity index is 0.000000337. The van der Waals surface area contributed by atoms with Crippen LogP contribution in [0.4, 0.5) is 0 Å². The predicted octanol–water partition coefficient (Wildman–Crippen LogP) is 3.00. The zero-order valence-electron chi connectivity index (χ0n) is 9.57. The molecular weight excluding hydrogens is 186 g/mol. The van der Waals surface area contributed by atoms with Crippen molar-refractivity contribution in [3.05, 3.63) is 30.4 Å². The fourth-order valence-electron chi connectivity index (χ4n) is 1.11. The van der Waals surface area contributed by atoms with E-state index in [4.69, 9.17) is 0 Å². The summed E-state index contributed by atoms with van der Waals surface area (Å²) in [6.07, 6.45) is 5.47. The predicted molar refractivity (Wildman–Crippen MR) is 62.7 cm³/mol. The van der Waals surface area contributed by atoms with E-state index in [1.165, 1.54) is 12.7 Å². The molecule has 2 aromatic heterocycles. The SMILES string of the molecule is CCC.CCc1ccc2ncncc2n1. The van der Waals surface area contributed by atoms with E-state index in [1.54, 1.807) is 6.20 Å². The third kappa shape index (κ3) is 3.27. The Morgan fingerprint density at radius 1 is 1.07 bits per heavy atom. The van der Waals surface area contributed by atoms with E-state index in [0.717, 1.165) is 23.1 Å². The van der Waals surface area contributed by atoms with Crippen molar-refractivity contribution < 1.29 is 0 Å². The van der Waals surface area contributed by atoms with Crippen LogP contribution >= 0.6 is 0 Å². The standard InChI is InChI=1S/C9H9N3.C3H8/c1-2-7-3-4-8-9(12-7)5-10-6-11-8;1-3-2/h3-6H,2H2,1H3;3H2,1-2H3. The Bertz CT molecular complexity index is 412. The largest absolute Gasteiger partial charge is 0.250 e. The topological polar surface area (TPSA) is 38.7 Å². The van der Waals surface area contributed by atoms with E-state index in [2.05, 4.69) is 35.7 Å². The molecule has 0 bridgehead atoms. The zero-order chi connectivity index (χ0) is 11.1. The first kappa shape index (κ1) is 11.6. The van der Waals surface area contributed by atoms with Crippen LogP contribution in [-0.2, 0) is 6.42 Å². The molecule has 0 saturated carbocycles. The first-order valence-corrected chi connectivity index (χ1v) is 5.37. The van der Waals surface area contributed by atoms with Crippen LogP contribution in [0.1, 0.15) is 32.9 Å². The molecule has 0 N–H and O–H groups in total. The smallest absolute Gasteiger partial charge is 0.116 e. The summed E-state index contributed by atoms with van der Waals surface area (Å²) in [5.74, 6) is 0. The molecule has 0 amide bonds. The average molecular weight is 203 g/mol. The molecule has 80 valence electrons. The first-order chi connectivity index (χ1) is 7.31. The molecule has 0 atom stereocenters. The van der Waals surface area contributed by atoms with E-state index >= 15 is 0 Å². The van der Waals surface area contributed by atoms with Crippen LogP contribution in [-0.4, -0.2) is 15.0 Å². The number of pyridine rings is 1. The lowest BCUT2D eigenvalue weighted by Crippen LogP contribution is -1.89. The van der Waals surface area contributed by atoms with Crippen molar-refractivity contribution >= 4 is 11.0 Å². The molecular formula is C12H17N3. The highest BCUT2D eigenvalue weighted by Crippen LogP contribution is 2.07. The van der Waals surface area contributed by atoms with Crippen molar-refractivity contribution in [1.29, 1.82) is 0 Å². The number of hydrogen-bond acceptors (Lipinski definition) is 3. The van der Waals surface area contributed by atoms with Gasteiger partial charge in [-0.3, -0.25) is 0 Å². The van der Waals surface area contributed by atoms with Gasteiger partial charge in [0, 0.05) is 5.69 Å². The maximum Gasteiger partial charge on any atom is 0.116 e. The summed E-state index contributed by atoms with van der Waals surface area (Å²) < 4.78 is 0. The Hall–Kier alpha value is -1.51. The van der Waals surface area contributed by atoms with Gasteiger partial charge in [-0.15, -0.1) is 0 Å². The van der Waals surface area contributed by atoms with Gasteiger partial charge in [0.25, 0.3) is 0 Å². The van der Waals surface area contributed by atoms with Crippen molar-refractivity contribution in [3.8, 4) is 0 Å². The molecule has 3 nitrogen and oxygen atoms in total. The number of aromatic nitrogens is 3. The minimum atomic E-state index is 0.872. The first-order valence-electron chi connectivity index (χ1n) is 5.37. The molecule has 3 heteroatoms. The van der Waals surface area contributed by atoms with Gasteiger partial charge in [-0.1, -0.05) is 27.2 Å². The third-order valence-corrected chi connectivity index (χ3v) is 1.78. The maximum atomic E-state index is 4.37. The Morgan fingerprint density at radius 3 is 2.47 bits per heavy atom. The van der Waals surface area contributed by atoms with Gasteiger partial charge in [-0.2, -0.15) is 0 Å². The van der Waals surface area contributed by atoms with Crippen molar-refractivity contribution in [1.82, 2.24) is 15.0 Å². The molecule has 2 rings (SSSR count). The molecule has 0 aliphatic heterocycles. The average Bonchev–Trinajstić information content (AvgIpc) is 2.29. The van der Waals surface area contributed by atoms with Gasteiger partial charge in [-0.25, -0.2) is 15.0 Å². The van der Waals surface area contributed by atoms with E-state index in [1.807, 2.05) is 12.1 Å². The summed E-state index contributed by atoms with van der Waals surface area (Å²) >= 11 is 0. The number of aryl methyl sites for hydroxylation is 1. The summed E-state index contributed by atoms with van der Waals surface area (Å²) in [7, 11) is 0. The van der Waals surface area contributed by atoms with Crippen LogP contribution in [0.25, 0.3) is 11.0 Å². The Morgan fingerprint density at radius 2 is 1.80 bits per heavy atom. The van der Waals surface area contributed by atoms with Crippen LogP contribution in [0.5, 0.6) is 0 Å². The van der Waals surface area contributed by atoms with Crippen molar-refractivity contribution in [3.63, 3.8) is 0 Å². The highest BCUT2D eigenvalue weighted by atomic mass is 14.9. The van der Waals surface area contributed by atoms with E-state index in [0.29, 0.717) is 0 Å². The highest BCUT2D eigenvalue weighted by Gasteiger charge is 1.95. The van der Waals surface area contributed by atoms with Crippen molar-refractivity contribution in [2.45, 2.75) is 33.6 Å². The third-order valence-electron chi connectivity index (χ3n) is 1.78. The van der Waals surface area contributed by atoms with E-state index in [9.17, 15) is 0 Å². The Kier molecular flexibility index (Phi) is 4.68. The summed E-state index contributed by atoms with van der Waals surface area (Å²) in [6.45, 7) is 6.33. The molecule has 15 heavy (non-hydrogen) atoms. The van der Waals surface area contributed by atoms with Gasteiger partial charge in [0.2, 0.25) is 0 Å². The summed E-state index contributed by atoms with van der Waals surface area (Å²) in [4.78, 5) is 12.4. The van der Waals surface area contributed by atoms with E-state index in [-0.39, 0.29) is 0 Å². The van der Waals surface area contributed by atoms with Crippen LogP contribution in [0, 0.1) is 0 Å². The van der Waals surface area contributed by atoms with Gasteiger partial charge < -0.3 is 0 Å². The maximum absolute atomic E-state index is 4.37. The highest BCUT2D eigenvalue weighted by molar-refractivity contribution is 5.72. The fourth-order valence-corrected chi connectivity index (χ4v) is 1.11. The zero-order valence-corrected chi connectivity index (χ0v) is 9.57. The van der Waals surface area contributed by atoms with E-state index < -0.39 is 0 Å². The summed E-state index contributed by atoms with van der Waals surface area (Å²) in [5, 5.41) is 0. The molecule has 0 radical (unpaired) electrons. The van der Waals surface area contributed by atoms with Crippen LogP contribution in [0.15, 0.2) is 24.7 Å². The lowest BCUT2D eigenvalue weighted by Gasteiger charge is -1.97. The number of nitrogens with zero attached hydrogens (tertiary/aromatic N) is 3. The second-order valence-corrected chi connectivity index (χ2v) is 3.29. The normalized spacial score (nSPS) is 9.53. The van der Waals surface area contributed by atoms with Crippen LogP contribution in [0.2, 0.25) is 0 Å². The van der Waals surface area contributed by atoms with Crippen LogP contribution < -0.4 is 0 Å². The molecule has 0 aliphatic carbocycles. The van der Waals surface area contributed by atoms with Gasteiger partial charge in [0.05, 0.1) is 11.7 Å². The molecule has 2 aromatic rings. The summed E-state index contributed by atoms with van der Waals surface area (Å²) in [6, 6.07) is 3.97. The van der Waals surface area contributed by atoms with Crippen molar-refractivity contribution in [2.24, 2.45) is 0 Å². The van der Waals surface area contributed by atoms with Gasteiger partial charge in [0.1, 0.15) is 11.8 Å². The second-order valence-electron chi connectivity index (χ2n) is 3.29. The van der Waals surface area contributed by atoms with Crippen molar-refractivity contribution in [2.75, 3.05) is 0 Å². The second kappa shape index (κ2) is 6.06. The molecule has 0 aliphatic rings. The molecule has 0 aromatic carbocycles. The molecule has 0 saturated heterocycles. The number of rotatable bonds is 1.